The van der Waals surface area contributed by atoms with Crippen LogP contribution in [-0.4, -0.2) is 51.8 Å². The molecule has 5 rings (SSSR count). The molecule has 1 aliphatic heterocycles. The van der Waals surface area contributed by atoms with Crippen LogP contribution in [-0.2, 0) is 25.2 Å². The topological polar surface area (TPSA) is 141 Å². The van der Waals surface area contributed by atoms with E-state index < -0.39 is 55.7 Å². The Labute approximate surface area is 253 Å². The Hall–Kier alpha value is -3.64. The van der Waals surface area contributed by atoms with Crippen LogP contribution >= 0.6 is 7.75 Å². The number of hydrogen-bond donors (Lipinski definition) is 3. The van der Waals surface area contributed by atoms with Crippen LogP contribution in [0.4, 0.5) is 4.39 Å². The summed E-state index contributed by atoms with van der Waals surface area (Å²) >= 11 is 0. The molecular weight excluding hydrogens is 592 g/mol. The maximum Gasteiger partial charge on any atom is 0.459 e. The summed E-state index contributed by atoms with van der Waals surface area (Å²) in [5, 5.41) is 15.8. The fourth-order valence-corrected chi connectivity index (χ4v) is 6.66. The van der Waals surface area contributed by atoms with E-state index in [0.29, 0.717) is 6.61 Å². The van der Waals surface area contributed by atoms with E-state index in [1.54, 1.807) is 37.3 Å². The standard InChI is InChI=1S/C31H35FN3O8P/c1-20-13-14-22-9-7-8-12-24(22)25(20)18-40-17-21(2)34-44(39,43-23-10-5-4-6-11-23)41-19-26-28(37)31(3,32)29(42-26)35-16-15-27(36)33-30(35)38/h4-16,21,26,28-29,37H,17-19H2,1-3H3,(H,34,39)(H,33,36,38)/t21?,26-,28-,29-,31-,44?/m1/s1. The highest BCUT2D eigenvalue weighted by Gasteiger charge is 2.55. The average Bonchev–Trinajstić information content (AvgIpc) is 3.21. The number of ether oxygens (including phenoxy) is 2. The molecular formula is C31H35FN3O8P. The minimum Gasteiger partial charge on any atom is -0.413 e. The molecule has 2 unspecified atom stereocenters. The second kappa shape index (κ2) is 13.2. The number of aromatic nitrogens is 2. The molecule has 0 bridgehead atoms. The van der Waals surface area contributed by atoms with Gasteiger partial charge in [0.25, 0.3) is 5.56 Å². The molecule has 44 heavy (non-hydrogen) atoms. The lowest BCUT2D eigenvalue weighted by Gasteiger charge is -2.26. The van der Waals surface area contributed by atoms with E-state index in [1.165, 1.54) is 0 Å². The predicted molar refractivity (Wildman–Crippen MR) is 162 cm³/mol. The molecule has 0 radical (unpaired) electrons. The van der Waals surface area contributed by atoms with Gasteiger partial charge in [0.1, 0.15) is 18.0 Å². The number of benzene rings is 3. The Bertz CT molecular complexity index is 1760. The Morgan fingerprint density at radius 1 is 1.11 bits per heavy atom. The highest BCUT2D eigenvalue weighted by molar-refractivity contribution is 7.52. The number of nitrogens with one attached hydrogen (secondary N) is 2. The number of fused-ring (bicyclic) bond motifs is 1. The summed E-state index contributed by atoms with van der Waals surface area (Å²) in [7, 11) is -4.15. The van der Waals surface area contributed by atoms with Crippen LogP contribution in [0.1, 0.15) is 31.2 Å². The third-order valence-corrected chi connectivity index (χ3v) is 9.16. The normalized spacial score (nSPS) is 23.8. The zero-order chi connectivity index (χ0) is 31.5. The Morgan fingerprint density at radius 3 is 2.59 bits per heavy atom. The highest BCUT2D eigenvalue weighted by atomic mass is 31.2. The molecule has 0 aliphatic carbocycles. The molecule has 0 spiro atoms. The Morgan fingerprint density at radius 2 is 1.84 bits per heavy atom. The van der Waals surface area contributed by atoms with Crippen LogP contribution in [0, 0.1) is 6.92 Å². The molecule has 4 aromatic rings. The van der Waals surface area contributed by atoms with Crippen LogP contribution < -0.4 is 20.9 Å². The van der Waals surface area contributed by atoms with E-state index in [2.05, 4.69) is 11.2 Å². The summed E-state index contributed by atoms with van der Waals surface area (Å²) in [5.41, 5.74) is -1.89. The number of aromatic amines is 1. The summed E-state index contributed by atoms with van der Waals surface area (Å²) in [6.07, 6.45) is -3.60. The van der Waals surface area contributed by atoms with Crippen molar-refractivity contribution in [1.29, 1.82) is 0 Å². The molecule has 1 aliphatic rings. The van der Waals surface area contributed by atoms with Gasteiger partial charge in [-0.15, -0.1) is 0 Å². The van der Waals surface area contributed by atoms with Crippen molar-refractivity contribution in [3.8, 4) is 5.75 Å². The van der Waals surface area contributed by atoms with Crippen molar-refractivity contribution in [2.24, 2.45) is 0 Å². The van der Waals surface area contributed by atoms with Gasteiger partial charge < -0.3 is 19.1 Å². The number of alkyl halides is 1. The van der Waals surface area contributed by atoms with Crippen molar-refractivity contribution < 1.29 is 32.6 Å². The van der Waals surface area contributed by atoms with E-state index in [-0.39, 0.29) is 12.4 Å². The second-order valence-corrected chi connectivity index (χ2v) is 12.7. The van der Waals surface area contributed by atoms with Crippen molar-refractivity contribution in [2.75, 3.05) is 13.2 Å². The van der Waals surface area contributed by atoms with Crippen molar-refractivity contribution >= 4 is 18.5 Å². The summed E-state index contributed by atoms with van der Waals surface area (Å²) in [5.74, 6) is 0.253. The number of aryl methyl sites for hydroxylation is 1. The fraction of sp³-hybridized carbons (Fsp3) is 0.355. The van der Waals surface area contributed by atoms with Gasteiger partial charge in [-0.25, -0.2) is 18.8 Å². The van der Waals surface area contributed by atoms with Gasteiger partial charge in [-0.2, -0.15) is 0 Å². The van der Waals surface area contributed by atoms with Crippen LogP contribution in [0.3, 0.4) is 0 Å². The predicted octanol–water partition coefficient (Wildman–Crippen LogP) is 4.38. The number of halogens is 1. The first kappa shape index (κ1) is 31.8. The van der Waals surface area contributed by atoms with Gasteiger partial charge in [0, 0.05) is 18.3 Å². The van der Waals surface area contributed by atoms with Gasteiger partial charge in [-0.3, -0.25) is 18.9 Å². The van der Waals surface area contributed by atoms with Gasteiger partial charge >= 0.3 is 13.4 Å². The summed E-state index contributed by atoms with van der Waals surface area (Å²) in [4.78, 5) is 25.8. The number of aliphatic hydroxyl groups is 1. The molecule has 1 saturated heterocycles. The molecule has 0 saturated carbocycles. The van der Waals surface area contributed by atoms with Crippen molar-refractivity contribution in [2.45, 2.75) is 57.5 Å². The first-order chi connectivity index (χ1) is 21.0. The van der Waals surface area contributed by atoms with Crippen molar-refractivity contribution in [3.05, 3.63) is 111 Å². The van der Waals surface area contributed by atoms with Crippen molar-refractivity contribution in [3.63, 3.8) is 0 Å². The number of rotatable bonds is 12. The lowest BCUT2D eigenvalue weighted by atomic mass is 9.98. The third kappa shape index (κ3) is 7.02. The smallest absolute Gasteiger partial charge is 0.413 e. The molecule has 13 heteroatoms. The minimum atomic E-state index is -4.15. The van der Waals surface area contributed by atoms with E-state index in [0.717, 1.165) is 45.7 Å². The fourth-order valence-electron chi connectivity index (χ4n) is 5.13. The molecule has 0 amide bonds. The SMILES string of the molecule is Cc1ccc2ccccc2c1COCC(C)NP(=O)(OC[C@H]1O[C@@H](n2ccc(=O)[nH]c2=O)[C@](C)(F)[C@@H]1O)Oc1ccccc1. The highest BCUT2D eigenvalue weighted by Crippen LogP contribution is 2.47. The number of nitrogens with zero attached hydrogens (tertiary/aromatic N) is 1. The second-order valence-electron chi connectivity index (χ2n) is 11.0. The summed E-state index contributed by atoms with van der Waals surface area (Å²) in [6, 6.07) is 21.0. The maximum atomic E-state index is 15.7. The Balaban J connectivity index is 1.27. The minimum absolute atomic E-state index is 0.149. The number of hydrogen-bond acceptors (Lipinski definition) is 8. The van der Waals surface area contributed by atoms with Gasteiger partial charge in [-0.1, -0.05) is 54.6 Å². The first-order valence-electron chi connectivity index (χ1n) is 14.1. The van der Waals surface area contributed by atoms with E-state index in [4.69, 9.17) is 18.5 Å². The van der Waals surface area contributed by atoms with Crippen LogP contribution in [0.2, 0.25) is 0 Å². The van der Waals surface area contributed by atoms with Gasteiger partial charge in [0.05, 0.1) is 19.8 Å². The number of para-hydroxylation sites is 1. The van der Waals surface area contributed by atoms with Crippen LogP contribution in [0.15, 0.2) is 88.6 Å². The zero-order valence-corrected chi connectivity index (χ0v) is 25.4. The van der Waals surface area contributed by atoms with Gasteiger partial charge in [0.15, 0.2) is 11.9 Å². The Kier molecular flexibility index (Phi) is 9.50. The van der Waals surface area contributed by atoms with Gasteiger partial charge in [-0.05, 0) is 54.8 Å². The zero-order valence-electron chi connectivity index (χ0n) is 24.5. The monoisotopic (exact) mass is 627 g/mol. The van der Waals surface area contributed by atoms with E-state index in [1.807, 2.05) is 42.2 Å². The van der Waals surface area contributed by atoms with Crippen LogP contribution in [0.25, 0.3) is 10.8 Å². The van der Waals surface area contributed by atoms with Crippen molar-refractivity contribution in [1.82, 2.24) is 14.6 Å². The van der Waals surface area contributed by atoms with Gasteiger partial charge in [0.2, 0.25) is 0 Å². The lowest BCUT2D eigenvalue weighted by Crippen LogP contribution is -2.43. The molecule has 3 N–H and O–H groups in total. The average molecular weight is 628 g/mol. The molecule has 1 fully saturated rings. The maximum absolute atomic E-state index is 15.7. The molecule has 11 nitrogen and oxygen atoms in total. The lowest BCUT2D eigenvalue weighted by molar-refractivity contribution is -0.0594. The third-order valence-electron chi connectivity index (χ3n) is 7.47. The molecule has 234 valence electrons. The first-order valence-corrected chi connectivity index (χ1v) is 15.7. The summed E-state index contributed by atoms with van der Waals surface area (Å²) < 4.78 is 53.6. The number of aliphatic hydroxyl groups excluding tert-OH is 1. The molecule has 1 aromatic heterocycles. The molecule has 6 atom stereocenters. The summed E-state index contributed by atoms with van der Waals surface area (Å²) in [6.45, 7) is 4.76. The van der Waals surface area contributed by atoms with E-state index >= 15 is 4.39 Å². The molecule has 2 heterocycles. The van der Waals surface area contributed by atoms with E-state index in [9.17, 15) is 19.3 Å². The quantitative estimate of drug-likeness (QED) is 0.195. The number of H-pyrrole nitrogens is 1. The van der Waals surface area contributed by atoms with Crippen LogP contribution in [0.5, 0.6) is 5.75 Å². The largest absolute Gasteiger partial charge is 0.459 e. The molecule has 3 aromatic carbocycles.